The number of carbonyl (C=O) groups is 15. The molecular weight excluding hydrogens is 1810 g/mol. The molecule has 1 aliphatic rings. The van der Waals surface area contributed by atoms with Crippen molar-refractivity contribution in [2.45, 2.75) is 191 Å². The van der Waals surface area contributed by atoms with Gasteiger partial charge in [0.1, 0.15) is 89.8 Å². The van der Waals surface area contributed by atoms with E-state index < -0.39 is 186 Å². The predicted molar refractivity (Wildman–Crippen MR) is 519 cm³/mol. The zero-order chi connectivity index (χ0) is 101. The number of carbonyl (C=O) groups excluding carboxylic acids is 15. The molecule has 0 bridgehead atoms. The molecule has 0 saturated carbocycles. The molecule has 12 atom stereocenters. The average Bonchev–Trinajstić information content (AvgIpc) is 1.67. The highest BCUT2D eigenvalue weighted by atomic mass is 32.2. The highest BCUT2D eigenvalue weighted by Crippen LogP contribution is 2.24. The van der Waals surface area contributed by atoms with Crippen LogP contribution in [0.15, 0.2) is 164 Å². The van der Waals surface area contributed by atoms with E-state index in [9.17, 15) is 63.6 Å². The van der Waals surface area contributed by atoms with Gasteiger partial charge < -0.3 is 125 Å². The normalized spacial score (nSPS) is 20.9. The minimum absolute atomic E-state index is 0.0336. The molecule has 1 aromatic heterocycles. The number of thioether (sulfide) groups is 1. The summed E-state index contributed by atoms with van der Waals surface area (Å²) < 4.78 is 17.0. The number of phenolic OH excluding ortho intramolecular Hbond substituents is 3. The number of amides is 15. The van der Waals surface area contributed by atoms with Gasteiger partial charge in [-0.25, -0.2) is 0 Å². The first-order valence-corrected chi connectivity index (χ1v) is 47.7. The largest absolute Gasteiger partial charge is 0.508 e. The number of aliphatic hydroxyl groups is 1. The van der Waals surface area contributed by atoms with Crippen molar-refractivity contribution in [2.75, 3.05) is 84.4 Å². The average molecular weight is 1950 g/mol. The third-order valence-corrected chi connectivity index (χ3v) is 23.8. The number of aromatic hydroxyl groups is 3. The number of nitrogens with zero attached hydrogens (tertiary/aromatic N) is 1. The summed E-state index contributed by atoms with van der Waals surface area (Å²) in [6, 6.07) is 23.5. The third kappa shape index (κ3) is 38.1. The van der Waals surface area contributed by atoms with Gasteiger partial charge in [-0.15, -0.1) is 11.8 Å². The Balaban J connectivity index is 1.14. The number of primary amides is 1. The van der Waals surface area contributed by atoms with Gasteiger partial charge in [0, 0.05) is 81.4 Å². The van der Waals surface area contributed by atoms with E-state index >= 15 is 28.8 Å². The van der Waals surface area contributed by atoms with E-state index in [-0.39, 0.29) is 139 Å². The number of aliphatic hydroxyl groups excluding tert-OH is 1. The number of nitrogens with one attached hydrogen (secondary N) is 14. The van der Waals surface area contributed by atoms with Crippen molar-refractivity contribution in [1.29, 1.82) is 0 Å². The summed E-state index contributed by atoms with van der Waals surface area (Å²) in [4.78, 5) is 224. The van der Waals surface area contributed by atoms with Gasteiger partial charge in [-0.3, -0.25) is 71.9 Å². The molecule has 0 aliphatic carbocycles. The summed E-state index contributed by atoms with van der Waals surface area (Å²) in [5.41, 5.74) is 14.5. The number of hydrogen-bond acceptors (Lipinski definition) is 24. The van der Waals surface area contributed by atoms with Crippen LogP contribution in [0.4, 0.5) is 0 Å². The molecule has 2 heterocycles. The fourth-order valence-corrected chi connectivity index (χ4v) is 16.1. The number of rotatable bonds is 37. The number of aromatic nitrogens is 1. The Morgan fingerprint density at radius 2 is 0.906 bits per heavy atom. The number of H-pyrrole nitrogens is 1. The molecule has 8 rings (SSSR count). The summed E-state index contributed by atoms with van der Waals surface area (Å²) in [5, 5.41) is 77.7. The van der Waals surface area contributed by atoms with E-state index in [2.05, 4.69) is 74.1 Å². The number of ether oxygens (including phenoxy) is 3. The van der Waals surface area contributed by atoms with Gasteiger partial charge in [-0.1, -0.05) is 157 Å². The van der Waals surface area contributed by atoms with E-state index in [0.717, 1.165) is 16.7 Å². The number of hydrogen-bond donors (Lipinski definition) is 20. The fourth-order valence-electron chi connectivity index (χ4n) is 15.3. The summed E-state index contributed by atoms with van der Waals surface area (Å²) in [7, 11) is 1.33. The topological polar surface area (TPSA) is 592 Å². The van der Waals surface area contributed by atoms with Crippen molar-refractivity contribution < 1.29 is 107 Å². The lowest BCUT2D eigenvalue weighted by Gasteiger charge is -2.33. The Morgan fingerprint density at radius 3 is 1.43 bits per heavy atom. The molecule has 139 heavy (non-hydrogen) atoms. The van der Waals surface area contributed by atoms with E-state index in [1.54, 1.807) is 133 Å². The van der Waals surface area contributed by atoms with E-state index in [4.69, 9.17) is 25.7 Å². The lowest BCUT2D eigenvalue weighted by molar-refractivity contribution is -0.143. The number of unbranched alkanes of at least 4 members (excludes halogenated alkanes) is 1. The standard InChI is InChI=1S/C99H133N17O22S/c1-59(2)46-74-91(127)114-82(90(126)102-39-41-137-43-45-138-44-42-136-40-37-84(121)105-73(88(101)124)24-16-17-38-100)57-139-58-86(123)107-76(48-62-18-10-8-11-19-62)92(128)109-77(49-64-25-31-68(118)32-26-64)93(129)108-75(47-60(3)4)96(132)115-87(61(5)6)98(134)111-78(50-65-27-33-69(119)34-28-65)94(130)113-81(56-117)89(125)104-55-85(122)106-79(53-67-54-103-72-23-15-14-22-71(67)72)95(131)112-80(51-66-29-35-70(120)36-30-66)99(135)116(7)83(97(133)110-74)52-63-20-12-9-13-21-63/h8-15,18-23,25-36,54,59-61,73-83,87,103,117-120H,16-17,24,37-53,55-58,100H2,1-7H3,(H2,101,124)(H,102,126)(H,104,125)(H,105,121)(H,106,122)(H,107,123)(H,108,129)(H,109,128)(H,110,133)(H,111,134)(H,112,131)(H,113,130)(H,114,127)(H,115,132)/t73-,74-,75-,76-,77-,78-,79-,80-,81-,82-,83-,87-/m0/s1. The second-order valence-corrected chi connectivity index (χ2v) is 36.3. The number of phenols is 3. The van der Waals surface area contributed by atoms with Gasteiger partial charge in [0.2, 0.25) is 88.6 Å². The van der Waals surface area contributed by atoms with Crippen LogP contribution in [0.1, 0.15) is 113 Å². The smallest absolute Gasteiger partial charge is 0.245 e. The molecule has 0 unspecified atom stereocenters. The molecule has 0 spiro atoms. The van der Waals surface area contributed by atoms with Crippen molar-refractivity contribution in [3.63, 3.8) is 0 Å². The van der Waals surface area contributed by atoms with Crippen LogP contribution in [0, 0.1) is 17.8 Å². The van der Waals surface area contributed by atoms with Crippen LogP contribution >= 0.6 is 11.8 Å². The Bertz CT molecular complexity index is 5190. The van der Waals surface area contributed by atoms with Gasteiger partial charge in [-0.05, 0) is 132 Å². The lowest BCUT2D eigenvalue weighted by Crippen LogP contribution is -2.61. The molecular formula is C99H133N17O22S. The predicted octanol–water partition coefficient (Wildman–Crippen LogP) is 0.974. The first-order chi connectivity index (χ1) is 66.5. The van der Waals surface area contributed by atoms with Crippen molar-refractivity contribution in [3.05, 3.63) is 197 Å². The van der Waals surface area contributed by atoms with Crippen LogP contribution in [-0.4, -0.2) is 276 Å². The molecule has 1 fully saturated rings. The number of aromatic amines is 1. The van der Waals surface area contributed by atoms with Gasteiger partial charge >= 0.3 is 0 Å². The number of para-hydroxylation sites is 1. The second-order valence-electron chi connectivity index (χ2n) is 35.3. The van der Waals surface area contributed by atoms with Gasteiger partial charge in [0.15, 0.2) is 0 Å². The van der Waals surface area contributed by atoms with Crippen LogP contribution in [0.3, 0.4) is 0 Å². The van der Waals surface area contributed by atoms with Crippen LogP contribution in [0.5, 0.6) is 17.2 Å². The maximum atomic E-state index is 15.8. The number of likely N-dealkylation sites (N-methyl/N-ethyl adjacent to an activating group) is 1. The van der Waals surface area contributed by atoms with Crippen molar-refractivity contribution >= 4 is 111 Å². The zero-order valence-electron chi connectivity index (χ0n) is 79.4. The quantitative estimate of drug-likeness (QED) is 0.0241. The Kier molecular flexibility index (Phi) is 45.9. The van der Waals surface area contributed by atoms with Crippen molar-refractivity contribution in [3.8, 4) is 17.2 Å². The summed E-state index contributed by atoms with van der Waals surface area (Å²) >= 11 is 0.878. The van der Waals surface area contributed by atoms with Crippen LogP contribution in [-0.2, 0) is 125 Å². The molecule has 1 saturated heterocycles. The van der Waals surface area contributed by atoms with E-state index in [1.807, 2.05) is 0 Å². The molecule has 39 nitrogen and oxygen atoms in total. The van der Waals surface area contributed by atoms with Crippen molar-refractivity contribution in [1.82, 2.24) is 79.0 Å². The molecule has 22 N–H and O–H groups in total. The minimum Gasteiger partial charge on any atom is -0.508 e. The summed E-state index contributed by atoms with van der Waals surface area (Å²) in [6.45, 7) is 8.94. The maximum absolute atomic E-state index is 15.8. The first-order valence-electron chi connectivity index (χ1n) is 46.6. The minimum atomic E-state index is -1.83. The third-order valence-electron chi connectivity index (χ3n) is 22.8. The first kappa shape index (κ1) is 111. The molecule has 752 valence electrons. The molecule has 0 radical (unpaired) electrons. The second kappa shape index (κ2) is 57.6. The summed E-state index contributed by atoms with van der Waals surface area (Å²) in [6.07, 6.45) is 1.62. The molecule has 6 aromatic carbocycles. The van der Waals surface area contributed by atoms with Crippen LogP contribution in [0.25, 0.3) is 10.9 Å². The maximum Gasteiger partial charge on any atom is 0.245 e. The highest BCUT2D eigenvalue weighted by molar-refractivity contribution is 8.00. The van der Waals surface area contributed by atoms with Crippen molar-refractivity contribution in [2.24, 2.45) is 29.2 Å². The SMILES string of the molecule is CC(C)C[C@@H]1NC(=O)[C@H](Cc2ccc(O)cc2)NC(=O)[C@H](Cc2ccccc2)NC(=O)CSC[C@@H](C(=O)NCCOCCOCCOCCC(=O)N[C@@H](CCCCN)C(N)=O)NC(=O)[C@H](CC(C)C)NC(=O)[C@H](Cc2ccccc2)N(C)C(=O)[C@H](Cc2ccc(O)cc2)NC(=O)[C@H](Cc2c[nH]c3ccccc23)NC(=O)CNC(=O)[C@H](CO)NC(=O)[C@H](Cc2ccc(O)cc2)NC(=O)[C@H](C(C)C)NC1=O. The van der Waals surface area contributed by atoms with Crippen LogP contribution in [0.2, 0.25) is 0 Å². The monoisotopic (exact) mass is 1940 g/mol. The van der Waals surface area contributed by atoms with Crippen LogP contribution < -0.4 is 80.6 Å². The lowest BCUT2D eigenvalue weighted by atomic mass is 9.98. The number of fused-ring (bicyclic) bond motifs is 1. The number of nitrogens with two attached hydrogens (primary N) is 2. The van der Waals surface area contributed by atoms with Gasteiger partial charge in [0.25, 0.3) is 0 Å². The zero-order valence-corrected chi connectivity index (χ0v) is 80.2. The van der Waals surface area contributed by atoms with E-state index in [0.29, 0.717) is 70.1 Å². The number of benzene rings is 6. The Morgan fingerprint density at radius 1 is 0.468 bits per heavy atom. The molecule has 15 amide bonds. The summed E-state index contributed by atoms with van der Waals surface area (Å²) in [5.74, 6) is -15.5. The van der Waals surface area contributed by atoms with Gasteiger partial charge in [0.05, 0.1) is 58.5 Å². The Labute approximate surface area is 812 Å². The van der Waals surface area contributed by atoms with E-state index in [1.165, 1.54) is 79.8 Å². The molecule has 7 aromatic rings. The van der Waals surface area contributed by atoms with Gasteiger partial charge in [-0.2, -0.15) is 0 Å². The highest BCUT2D eigenvalue weighted by Gasteiger charge is 2.40. The fraction of sp³-hybridized carbons (Fsp3) is 0.465. The molecule has 40 heteroatoms. The molecule has 1 aliphatic heterocycles. The Hall–Kier alpha value is -13.5.